The topological polar surface area (TPSA) is 58.4 Å². The van der Waals surface area contributed by atoms with E-state index in [-0.39, 0.29) is 17.4 Å². The van der Waals surface area contributed by atoms with Crippen LogP contribution >= 0.6 is 0 Å². The standard InChI is InChI=1S/C17H25N3O/c1-13(12-20-10-2-3-11-20)19-16(21)17(8-9-17)14-4-6-15(18)7-5-14/h4-7,13H,2-3,8-12,18H2,1H3,(H,19,21). The van der Waals surface area contributed by atoms with E-state index in [1.54, 1.807) is 0 Å². The molecular formula is C17H25N3O. The number of rotatable bonds is 5. The van der Waals surface area contributed by atoms with Crippen LogP contribution in [0.1, 0.15) is 38.2 Å². The van der Waals surface area contributed by atoms with Gasteiger partial charge in [-0.25, -0.2) is 0 Å². The van der Waals surface area contributed by atoms with E-state index in [0.29, 0.717) is 0 Å². The van der Waals surface area contributed by atoms with Crippen molar-refractivity contribution in [2.75, 3.05) is 25.4 Å². The third-order valence-electron chi connectivity index (χ3n) is 4.76. The van der Waals surface area contributed by atoms with E-state index in [1.807, 2.05) is 24.3 Å². The van der Waals surface area contributed by atoms with E-state index in [2.05, 4.69) is 17.1 Å². The Labute approximate surface area is 126 Å². The van der Waals surface area contributed by atoms with Gasteiger partial charge in [0.25, 0.3) is 0 Å². The van der Waals surface area contributed by atoms with Crippen molar-refractivity contribution >= 4 is 11.6 Å². The molecule has 21 heavy (non-hydrogen) atoms. The molecule has 114 valence electrons. The monoisotopic (exact) mass is 287 g/mol. The quantitative estimate of drug-likeness (QED) is 0.813. The third-order valence-corrected chi connectivity index (χ3v) is 4.76. The van der Waals surface area contributed by atoms with Crippen LogP contribution in [-0.2, 0) is 10.2 Å². The molecule has 1 saturated carbocycles. The Morgan fingerprint density at radius 3 is 2.48 bits per heavy atom. The van der Waals surface area contributed by atoms with E-state index < -0.39 is 0 Å². The Morgan fingerprint density at radius 1 is 1.29 bits per heavy atom. The summed E-state index contributed by atoms with van der Waals surface area (Å²) in [6, 6.07) is 7.97. The number of carbonyl (C=O) groups is 1. The summed E-state index contributed by atoms with van der Waals surface area (Å²) < 4.78 is 0. The van der Waals surface area contributed by atoms with Gasteiger partial charge in [0, 0.05) is 18.3 Å². The van der Waals surface area contributed by atoms with E-state index in [0.717, 1.165) is 30.6 Å². The van der Waals surface area contributed by atoms with Crippen molar-refractivity contribution in [1.29, 1.82) is 0 Å². The van der Waals surface area contributed by atoms with Gasteiger partial charge in [0.2, 0.25) is 5.91 Å². The minimum atomic E-state index is -0.299. The molecule has 2 aliphatic rings. The summed E-state index contributed by atoms with van der Waals surface area (Å²) in [7, 11) is 0. The lowest BCUT2D eigenvalue weighted by Gasteiger charge is -2.24. The van der Waals surface area contributed by atoms with Gasteiger partial charge in [-0.2, -0.15) is 0 Å². The predicted octanol–water partition coefficient (Wildman–Crippen LogP) is 1.90. The molecule has 4 heteroatoms. The molecule has 0 aromatic heterocycles. The fourth-order valence-electron chi connectivity index (χ4n) is 3.33. The van der Waals surface area contributed by atoms with Crippen LogP contribution < -0.4 is 11.1 Å². The van der Waals surface area contributed by atoms with Gasteiger partial charge in [-0.3, -0.25) is 4.79 Å². The number of amides is 1. The van der Waals surface area contributed by atoms with Gasteiger partial charge < -0.3 is 16.0 Å². The third kappa shape index (κ3) is 3.05. The normalized spacial score (nSPS) is 22.0. The summed E-state index contributed by atoms with van der Waals surface area (Å²) in [5.41, 5.74) is 7.28. The first-order valence-corrected chi connectivity index (χ1v) is 7.99. The molecule has 1 aliphatic heterocycles. The Hall–Kier alpha value is -1.55. The van der Waals surface area contributed by atoms with Crippen molar-refractivity contribution < 1.29 is 4.79 Å². The van der Waals surface area contributed by atoms with E-state index >= 15 is 0 Å². The molecule has 0 spiro atoms. The lowest BCUT2D eigenvalue weighted by atomic mass is 9.94. The Balaban J connectivity index is 1.60. The number of nitrogens with two attached hydrogens (primary N) is 1. The Kier molecular flexibility index (Phi) is 3.89. The summed E-state index contributed by atoms with van der Waals surface area (Å²) in [6.45, 7) is 5.41. The molecule has 3 rings (SSSR count). The smallest absolute Gasteiger partial charge is 0.230 e. The predicted molar refractivity (Wildman–Crippen MR) is 85.0 cm³/mol. The second-order valence-corrected chi connectivity index (χ2v) is 6.59. The van der Waals surface area contributed by atoms with Gasteiger partial charge in [-0.15, -0.1) is 0 Å². The summed E-state index contributed by atoms with van der Waals surface area (Å²) in [5.74, 6) is 0.180. The summed E-state index contributed by atoms with van der Waals surface area (Å²) in [4.78, 5) is 15.1. The average molecular weight is 287 g/mol. The van der Waals surface area contributed by atoms with E-state index in [4.69, 9.17) is 5.73 Å². The average Bonchev–Trinajstić information content (AvgIpc) is 3.12. The van der Waals surface area contributed by atoms with E-state index in [9.17, 15) is 4.79 Å². The first kappa shape index (κ1) is 14.4. The number of hydrogen-bond acceptors (Lipinski definition) is 3. The maximum atomic E-state index is 12.6. The SMILES string of the molecule is CC(CN1CCCC1)NC(=O)C1(c2ccc(N)cc2)CC1. The molecule has 1 atom stereocenters. The molecule has 1 aromatic rings. The van der Waals surface area contributed by atoms with Crippen molar-refractivity contribution in [3.05, 3.63) is 29.8 Å². The highest BCUT2D eigenvalue weighted by Crippen LogP contribution is 2.48. The number of nitrogens with one attached hydrogen (secondary N) is 1. The van der Waals surface area contributed by atoms with Crippen LogP contribution in [-0.4, -0.2) is 36.5 Å². The second-order valence-electron chi connectivity index (χ2n) is 6.59. The molecule has 1 aliphatic carbocycles. The van der Waals surface area contributed by atoms with Gasteiger partial charge in [-0.05, 0) is 63.4 Å². The Bertz CT molecular complexity index is 501. The van der Waals surface area contributed by atoms with Gasteiger partial charge in [0.1, 0.15) is 0 Å². The van der Waals surface area contributed by atoms with Crippen LogP contribution in [0.25, 0.3) is 0 Å². The number of nitrogens with zero attached hydrogens (tertiary/aromatic N) is 1. The molecule has 1 saturated heterocycles. The largest absolute Gasteiger partial charge is 0.399 e. The first-order valence-electron chi connectivity index (χ1n) is 7.99. The molecule has 0 radical (unpaired) electrons. The zero-order valence-corrected chi connectivity index (χ0v) is 12.8. The van der Waals surface area contributed by atoms with Crippen LogP contribution in [0.3, 0.4) is 0 Å². The highest BCUT2D eigenvalue weighted by molar-refractivity contribution is 5.91. The van der Waals surface area contributed by atoms with Crippen LogP contribution in [0, 0.1) is 0 Å². The van der Waals surface area contributed by atoms with Crippen molar-refractivity contribution in [3.8, 4) is 0 Å². The number of benzene rings is 1. The second kappa shape index (κ2) is 5.68. The molecule has 1 heterocycles. The number of carbonyl (C=O) groups excluding carboxylic acids is 1. The van der Waals surface area contributed by atoms with Gasteiger partial charge in [0.15, 0.2) is 0 Å². The summed E-state index contributed by atoms with van der Waals surface area (Å²) >= 11 is 0. The lowest BCUT2D eigenvalue weighted by molar-refractivity contribution is -0.124. The highest BCUT2D eigenvalue weighted by Gasteiger charge is 2.51. The number of likely N-dealkylation sites (tertiary alicyclic amines) is 1. The molecule has 3 N–H and O–H groups in total. The lowest BCUT2D eigenvalue weighted by Crippen LogP contribution is -2.45. The highest BCUT2D eigenvalue weighted by atomic mass is 16.2. The van der Waals surface area contributed by atoms with Crippen molar-refractivity contribution in [3.63, 3.8) is 0 Å². The van der Waals surface area contributed by atoms with Crippen molar-refractivity contribution in [2.24, 2.45) is 0 Å². The number of anilines is 1. The number of nitrogen functional groups attached to an aromatic ring is 1. The maximum absolute atomic E-state index is 12.6. The first-order chi connectivity index (χ1) is 10.1. The minimum Gasteiger partial charge on any atom is -0.399 e. The van der Waals surface area contributed by atoms with Gasteiger partial charge in [0.05, 0.1) is 5.41 Å². The van der Waals surface area contributed by atoms with Crippen molar-refractivity contribution in [2.45, 2.75) is 44.1 Å². The molecule has 1 amide bonds. The summed E-state index contributed by atoms with van der Waals surface area (Å²) in [6.07, 6.45) is 4.46. The molecule has 1 unspecified atom stereocenters. The molecule has 0 bridgehead atoms. The minimum absolute atomic E-state index is 0.180. The molecular weight excluding hydrogens is 262 g/mol. The zero-order chi connectivity index (χ0) is 14.9. The molecule has 2 fully saturated rings. The molecule has 4 nitrogen and oxygen atoms in total. The van der Waals surface area contributed by atoms with Crippen molar-refractivity contribution in [1.82, 2.24) is 10.2 Å². The van der Waals surface area contributed by atoms with Crippen LogP contribution in [0.2, 0.25) is 0 Å². The fraction of sp³-hybridized carbons (Fsp3) is 0.588. The fourth-order valence-corrected chi connectivity index (χ4v) is 3.33. The Morgan fingerprint density at radius 2 is 1.90 bits per heavy atom. The molecule has 1 aromatic carbocycles. The van der Waals surface area contributed by atoms with E-state index in [1.165, 1.54) is 25.9 Å². The van der Waals surface area contributed by atoms with Crippen LogP contribution in [0.4, 0.5) is 5.69 Å². The van der Waals surface area contributed by atoms with Gasteiger partial charge >= 0.3 is 0 Å². The summed E-state index contributed by atoms with van der Waals surface area (Å²) in [5, 5.41) is 3.21. The van der Waals surface area contributed by atoms with Gasteiger partial charge in [-0.1, -0.05) is 12.1 Å². The van der Waals surface area contributed by atoms with Crippen LogP contribution in [0.15, 0.2) is 24.3 Å². The zero-order valence-electron chi connectivity index (χ0n) is 12.8. The number of hydrogen-bond donors (Lipinski definition) is 2. The van der Waals surface area contributed by atoms with Crippen LogP contribution in [0.5, 0.6) is 0 Å². The maximum Gasteiger partial charge on any atom is 0.230 e.